The molecule has 1 heterocycles. The lowest BCUT2D eigenvalue weighted by Crippen LogP contribution is -2.16. The van der Waals surface area contributed by atoms with Crippen LogP contribution in [0.3, 0.4) is 0 Å². The van der Waals surface area contributed by atoms with Gasteiger partial charge in [0.1, 0.15) is 6.10 Å². The van der Waals surface area contributed by atoms with Crippen LogP contribution in [0.2, 0.25) is 0 Å². The number of hydrogen-bond donors (Lipinski definition) is 1. The average Bonchev–Trinajstić information content (AvgIpc) is 2.63. The van der Waals surface area contributed by atoms with E-state index in [-0.39, 0.29) is 12.2 Å². The van der Waals surface area contributed by atoms with Crippen molar-refractivity contribution in [2.75, 3.05) is 6.61 Å². The fourth-order valence-electron chi connectivity index (χ4n) is 1.99. The van der Waals surface area contributed by atoms with Gasteiger partial charge in [0.25, 0.3) is 0 Å². The van der Waals surface area contributed by atoms with Crippen LogP contribution in [0.5, 0.6) is 0 Å². The van der Waals surface area contributed by atoms with Gasteiger partial charge in [-0.2, -0.15) is 0 Å². The van der Waals surface area contributed by atoms with E-state index in [0.29, 0.717) is 6.10 Å². The average molecular weight is 154 g/mol. The van der Waals surface area contributed by atoms with Crippen molar-refractivity contribution in [3.63, 3.8) is 0 Å². The van der Waals surface area contributed by atoms with Crippen LogP contribution >= 0.6 is 0 Å². The van der Waals surface area contributed by atoms with Crippen LogP contribution in [0.4, 0.5) is 0 Å². The SMILES string of the molecule is CC12CCC/C(=C\CO)C1O2. The Bertz CT molecular complexity index is 198. The van der Waals surface area contributed by atoms with Crippen molar-refractivity contribution >= 4 is 0 Å². The van der Waals surface area contributed by atoms with Gasteiger partial charge in [0.15, 0.2) is 0 Å². The number of rotatable bonds is 1. The summed E-state index contributed by atoms with van der Waals surface area (Å²) in [6.45, 7) is 2.31. The molecule has 1 N–H and O–H groups in total. The number of epoxide rings is 1. The first-order valence-corrected chi connectivity index (χ1v) is 4.24. The molecule has 2 unspecified atom stereocenters. The Kier molecular flexibility index (Phi) is 1.55. The van der Waals surface area contributed by atoms with E-state index in [1.807, 2.05) is 6.08 Å². The maximum atomic E-state index is 8.71. The van der Waals surface area contributed by atoms with Gasteiger partial charge in [-0.1, -0.05) is 6.08 Å². The molecule has 2 fully saturated rings. The smallest absolute Gasteiger partial charge is 0.108 e. The topological polar surface area (TPSA) is 32.8 Å². The van der Waals surface area contributed by atoms with E-state index < -0.39 is 0 Å². The lowest BCUT2D eigenvalue weighted by molar-refractivity contribution is 0.305. The van der Waals surface area contributed by atoms with Gasteiger partial charge in [0.05, 0.1) is 12.2 Å². The summed E-state index contributed by atoms with van der Waals surface area (Å²) in [5, 5.41) is 8.71. The Hall–Kier alpha value is -0.340. The van der Waals surface area contributed by atoms with Crippen LogP contribution in [-0.4, -0.2) is 23.4 Å². The first-order chi connectivity index (χ1) is 5.26. The molecule has 1 saturated carbocycles. The third kappa shape index (κ3) is 1.10. The Labute approximate surface area is 66.9 Å². The highest BCUT2D eigenvalue weighted by atomic mass is 16.6. The Morgan fingerprint density at radius 3 is 3.36 bits per heavy atom. The Balaban J connectivity index is 2.09. The summed E-state index contributed by atoms with van der Waals surface area (Å²) in [6, 6.07) is 0. The van der Waals surface area contributed by atoms with Gasteiger partial charge in [0, 0.05) is 0 Å². The van der Waals surface area contributed by atoms with Crippen molar-refractivity contribution in [3.05, 3.63) is 11.6 Å². The molecule has 2 heteroatoms. The van der Waals surface area contributed by atoms with Crippen molar-refractivity contribution in [1.29, 1.82) is 0 Å². The van der Waals surface area contributed by atoms with Crippen molar-refractivity contribution in [1.82, 2.24) is 0 Å². The van der Waals surface area contributed by atoms with Crippen molar-refractivity contribution in [2.24, 2.45) is 0 Å². The van der Waals surface area contributed by atoms with Gasteiger partial charge in [-0.05, 0) is 31.8 Å². The van der Waals surface area contributed by atoms with Crippen LogP contribution in [0.15, 0.2) is 11.6 Å². The monoisotopic (exact) mass is 154 g/mol. The zero-order valence-electron chi connectivity index (χ0n) is 6.84. The molecule has 1 aliphatic heterocycles. The molecule has 0 radical (unpaired) electrons. The van der Waals surface area contributed by atoms with Crippen LogP contribution in [0, 0.1) is 0 Å². The molecule has 2 nitrogen and oxygen atoms in total. The standard InChI is InChI=1S/C9H14O2/c1-9-5-2-3-7(4-6-10)8(9)11-9/h4,8,10H,2-3,5-6H2,1H3/b7-4+. The molecule has 11 heavy (non-hydrogen) atoms. The molecule has 2 aliphatic rings. The molecule has 0 aromatic carbocycles. The van der Waals surface area contributed by atoms with E-state index >= 15 is 0 Å². The molecule has 0 bridgehead atoms. The Morgan fingerprint density at radius 1 is 1.82 bits per heavy atom. The quantitative estimate of drug-likeness (QED) is 0.455. The van der Waals surface area contributed by atoms with E-state index in [1.54, 1.807) is 0 Å². The molecular weight excluding hydrogens is 140 g/mol. The minimum absolute atomic E-state index is 0.138. The highest BCUT2D eigenvalue weighted by Gasteiger charge is 2.55. The van der Waals surface area contributed by atoms with E-state index in [0.717, 1.165) is 6.42 Å². The van der Waals surface area contributed by atoms with E-state index in [2.05, 4.69) is 6.92 Å². The summed E-state index contributed by atoms with van der Waals surface area (Å²) < 4.78 is 5.55. The minimum atomic E-state index is 0.138. The van der Waals surface area contributed by atoms with Gasteiger partial charge in [0.2, 0.25) is 0 Å². The fourth-order valence-corrected chi connectivity index (χ4v) is 1.99. The molecule has 62 valence electrons. The number of hydrogen-bond acceptors (Lipinski definition) is 2. The lowest BCUT2D eigenvalue weighted by atomic mass is 9.87. The van der Waals surface area contributed by atoms with Gasteiger partial charge < -0.3 is 9.84 Å². The first-order valence-electron chi connectivity index (χ1n) is 4.24. The summed E-state index contributed by atoms with van der Waals surface area (Å²) in [5.74, 6) is 0. The maximum absolute atomic E-state index is 8.71. The van der Waals surface area contributed by atoms with Gasteiger partial charge >= 0.3 is 0 Å². The molecule has 1 aliphatic carbocycles. The van der Waals surface area contributed by atoms with Crippen molar-refractivity contribution < 1.29 is 9.84 Å². The molecule has 0 amide bonds. The first kappa shape index (κ1) is 7.32. The zero-order chi connectivity index (χ0) is 7.90. The van der Waals surface area contributed by atoms with E-state index in [1.165, 1.54) is 18.4 Å². The number of aliphatic hydroxyl groups is 1. The third-order valence-electron chi connectivity index (χ3n) is 2.71. The lowest BCUT2D eigenvalue weighted by Gasteiger charge is -2.14. The molecule has 1 saturated heterocycles. The maximum Gasteiger partial charge on any atom is 0.108 e. The van der Waals surface area contributed by atoms with Gasteiger partial charge in [-0.15, -0.1) is 0 Å². The zero-order valence-corrected chi connectivity index (χ0v) is 6.84. The second-order valence-electron chi connectivity index (χ2n) is 3.63. The van der Waals surface area contributed by atoms with Crippen molar-refractivity contribution in [2.45, 2.75) is 37.9 Å². The molecule has 0 spiro atoms. The number of aliphatic hydroxyl groups excluding tert-OH is 1. The largest absolute Gasteiger partial charge is 0.392 e. The fraction of sp³-hybridized carbons (Fsp3) is 0.778. The highest BCUT2D eigenvalue weighted by molar-refractivity contribution is 5.25. The third-order valence-corrected chi connectivity index (χ3v) is 2.71. The summed E-state index contributed by atoms with van der Waals surface area (Å²) in [4.78, 5) is 0. The van der Waals surface area contributed by atoms with Crippen molar-refractivity contribution in [3.8, 4) is 0 Å². The number of fused-ring (bicyclic) bond motifs is 1. The minimum Gasteiger partial charge on any atom is -0.392 e. The van der Waals surface area contributed by atoms with Crippen LogP contribution in [0.25, 0.3) is 0 Å². The predicted octanol–water partition coefficient (Wildman–Crippen LogP) is 1.25. The molecule has 0 aromatic rings. The van der Waals surface area contributed by atoms with Gasteiger partial charge in [-0.25, -0.2) is 0 Å². The molecule has 2 atom stereocenters. The molecular formula is C9H14O2. The van der Waals surface area contributed by atoms with E-state index in [4.69, 9.17) is 9.84 Å². The van der Waals surface area contributed by atoms with Crippen LogP contribution in [0.1, 0.15) is 26.2 Å². The summed E-state index contributed by atoms with van der Waals surface area (Å²) in [7, 11) is 0. The highest BCUT2D eigenvalue weighted by Crippen LogP contribution is 2.49. The van der Waals surface area contributed by atoms with E-state index in [9.17, 15) is 0 Å². The molecule has 2 rings (SSSR count). The summed E-state index contributed by atoms with van der Waals surface area (Å²) >= 11 is 0. The second-order valence-corrected chi connectivity index (χ2v) is 3.63. The van der Waals surface area contributed by atoms with Crippen LogP contribution in [-0.2, 0) is 4.74 Å². The second kappa shape index (κ2) is 2.32. The molecule has 0 aromatic heterocycles. The predicted molar refractivity (Wildman–Crippen MR) is 42.3 cm³/mol. The number of ether oxygens (including phenoxy) is 1. The summed E-state index contributed by atoms with van der Waals surface area (Å²) in [5.41, 5.74) is 1.44. The van der Waals surface area contributed by atoms with Crippen LogP contribution < -0.4 is 0 Å². The summed E-state index contributed by atoms with van der Waals surface area (Å²) in [6.07, 6.45) is 5.73. The Morgan fingerprint density at radius 2 is 2.64 bits per heavy atom. The normalized spacial score (nSPS) is 45.6. The van der Waals surface area contributed by atoms with Gasteiger partial charge in [-0.3, -0.25) is 0 Å².